The summed E-state index contributed by atoms with van der Waals surface area (Å²) in [5.41, 5.74) is 5.31. The molecule has 1 atom stereocenters. The number of aromatic amines is 1. The fourth-order valence-corrected chi connectivity index (χ4v) is 3.56. The number of hydrogen-bond donors (Lipinski definition) is 2. The Hall–Kier alpha value is -1.62. The Morgan fingerprint density at radius 3 is 2.85 bits per heavy atom. The summed E-state index contributed by atoms with van der Waals surface area (Å²) in [6.07, 6.45) is 11.0. The maximum absolute atomic E-state index is 12.6. The molecule has 0 amide bonds. The molecule has 2 N–H and O–H groups in total. The molecule has 1 aromatic carbocycles. The van der Waals surface area contributed by atoms with Crippen molar-refractivity contribution in [3.05, 3.63) is 64.9 Å². The molecule has 1 unspecified atom stereocenters. The number of aromatic nitrogens is 1. The number of allylic oxidation sites excluding steroid dienone is 6. The first-order valence-electron chi connectivity index (χ1n) is 8.59. The predicted molar refractivity (Wildman–Crippen MR) is 99.9 cm³/mol. The molecule has 0 fully saturated rings. The van der Waals surface area contributed by atoms with Crippen LogP contribution in [0.5, 0.6) is 0 Å². The van der Waals surface area contributed by atoms with Gasteiger partial charge in [0, 0.05) is 62.5 Å². The van der Waals surface area contributed by atoms with Gasteiger partial charge < -0.3 is 10.3 Å². The van der Waals surface area contributed by atoms with Crippen LogP contribution < -0.4 is 5.32 Å². The van der Waals surface area contributed by atoms with Gasteiger partial charge in [-0.2, -0.15) is 0 Å². The van der Waals surface area contributed by atoms with Gasteiger partial charge in [0.1, 0.15) is 0 Å². The summed E-state index contributed by atoms with van der Waals surface area (Å²) in [4.78, 5) is 27.1. The Morgan fingerprint density at radius 1 is 1.31 bits per heavy atom. The average Bonchev–Trinajstić information content (AvgIpc) is 2.73. The topological polar surface area (TPSA) is 62.0 Å². The zero-order chi connectivity index (χ0) is 17.4. The summed E-state index contributed by atoms with van der Waals surface area (Å²) >= 11 is 0. The number of hydrogen-bond acceptors (Lipinski definition) is 3. The van der Waals surface area contributed by atoms with Crippen LogP contribution in [0.15, 0.2) is 48.1 Å². The fraction of sp³-hybridized carbons (Fsp3) is 0.238. The van der Waals surface area contributed by atoms with Crippen LogP contribution in [0.25, 0.3) is 16.5 Å². The Labute approximate surface area is 177 Å². The molecule has 0 aliphatic heterocycles. The minimum atomic E-state index is -0.0172. The van der Waals surface area contributed by atoms with Gasteiger partial charge in [0.2, 0.25) is 0 Å². The second-order valence-corrected chi connectivity index (χ2v) is 6.63. The summed E-state index contributed by atoms with van der Waals surface area (Å²) in [5, 5.41) is 3.80. The average molecular weight is 421 g/mol. The number of nitrogens with one attached hydrogen (secondary N) is 2. The van der Waals surface area contributed by atoms with Gasteiger partial charge in [-0.25, -0.2) is 0 Å². The van der Waals surface area contributed by atoms with Crippen LogP contribution in [0.2, 0.25) is 0 Å². The molecular formula is C21H20N2O2Y. The molecule has 129 valence electrons. The molecule has 2 aromatic rings. The summed E-state index contributed by atoms with van der Waals surface area (Å²) < 4.78 is 0. The van der Waals surface area contributed by atoms with Crippen molar-refractivity contribution < 1.29 is 42.3 Å². The van der Waals surface area contributed by atoms with E-state index in [9.17, 15) is 9.59 Å². The van der Waals surface area contributed by atoms with Crippen LogP contribution >= 0.6 is 0 Å². The molecule has 0 saturated carbocycles. The van der Waals surface area contributed by atoms with Crippen molar-refractivity contribution in [1.29, 1.82) is 0 Å². The van der Waals surface area contributed by atoms with Gasteiger partial charge >= 0.3 is 0 Å². The minimum absolute atomic E-state index is 0. The van der Waals surface area contributed by atoms with E-state index in [-0.39, 0.29) is 38.5 Å². The first-order chi connectivity index (χ1) is 12.2. The smallest absolute Gasteiger partial charge is 0.167 e. The molecular weight excluding hydrogens is 401 g/mol. The standard InChI is InChI=1S/C21H20N2O2.Y/c1-22-7-6-20(25)21-17-11-16(4-5-18(17)23-19(21)12-24)15-3-2-13-8-14(9-13)10-15;/h2-5,8,10-12,14,22-23H,6-7,9H2,1H3;. The number of benzene rings is 1. The van der Waals surface area contributed by atoms with Crippen molar-refractivity contribution in [2.45, 2.75) is 12.8 Å². The molecule has 4 nitrogen and oxygen atoms in total. The maximum Gasteiger partial charge on any atom is 0.167 e. The van der Waals surface area contributed by atoms with Gasteiger partial charge in [0.25, 0.3) is 0 Å². The predicted octanol–water partition coefficient (Wildman–Crippen LogP) is 3.67. The molecule has 0 spiro atoms. The van der Waals surface area contributed by atoms with Gasteiger partial charge in [-0.15, -0.1) is 0 Å². The van der Waals surface area contributed by atoms with Gasteiger partial charge in [-0.1, -0.05) is 35.9 Å². The SMILES string of the molecule is CNCCC(=O)c1c(C=O)[nH]c2ccc(C3=CC4C=C(C=C3)C4)cc12.[Y]. The number of carbonyl (C=O) groups is 2. The van der Waals surface area contributed by atoms with Gasteiger partial charge in [0.05, 0.1) is 11.3 Å². The third-order valence-electron chi connectivity index (χ3n) is 4.93. The van der Waals surface area contributed by atoms with E-state index < -0.39 is 0 Å². The second-order valence-electron chi connectivity index (χ2n) is 6.63. The number of fused-ring (bicyclic) bond motifs is 2. The van der Waals surface area contributed by atoms with Crippen molar-refractivity contribution >= 4 is 28.5 Å². The molecule has 26 heavy (non-hydrogen) atoms. The zero-order valence-corrected chi connectivity index (χ0v) is 17.5. The van der Waals surface area contributed by atoms with Crippen LogP contribution in [0, 0.1) is 5.92 Å². The van der Waals surface area contributed by atoms with Crippen LogP contribution in [-0.4, -0.2) is 30.6 Å². The molecule has 2 bridgehead atoms. The first-order valence-corrected chi connectivity index (χ1v) is 8.59. The van der Waals surface area contributed by atoms with Crippen LogP contribution in [0.3, 0.4) is 0 Å². The third-order valence-corrected chi connectivity index (χ3v) is 4.93. The molecule has 3 aliphatic rings. The third kappa shape index (κ3) is 3.46. The molecule has 0 saturated heterocycles. The monoisotopic (exact) mass is 421 g/mol. The Bertz CT molecular complexity index is 966. The summed E-state index contributed by atoms with van der Waals surface area (Å²) in [6.45, 7) is 0.591. The Balaban J connectivity index is 0.00000196. The van der Waals surface area contributed by atoms with E-state index in [4.69, 9.17) is 0 Å². The number of carbonyl (C=O) groups excluding carboxylic acids is 2. The number of rotatable bonds is 6. The molecule has 3 aliphatic carbocycles. The van der Waals surface area contributed by atoms with E-state index in [0.29, 0.717) is 30.1 Å². The second kappa shape index (κ2) is 7.95. The summed E-state index contributed by atoms with van der Waals surface area (Å²) in [5.74, 6) is 0.487. The number of aldehydes is 1. The van der Waals surface area contributed by atoms with E-state index in [0.717, 1.165) is 34.7 Å². The first kappa shape index (κ1) is 19.2. The largest absolute Gasteiger partial charge is 0.352 e. The quantitative estimate of drug-likeness (QED) is 0.553. The van der Waals surface area contributed by atoms with Gasteiger partial charge in [-0.3, -0.25) is 9.59 Å². The molecule has 1 aromatic heterocycles. The van der Waals surface area contributed by atoms with E-state index >= 15 is 0 Å². The number of Topliss-reactive ketones (excluding diaryl/α,β-unsaturated/α-hetero) is 1. The zero-order valence-electron chi connectivity index (χ0n) is 14.7. The van der Waals surface area contributed by atoms with Crippen LogP contribution in [-0.2, 0) is 32.7 Å². The van der Waals surface area contributed by atoms with Crippen molar-refractivity contribution in [3.8, 4) is 0 Å². The van der Waals surface area contributed by atoms with E-state index in [1.807, 2.05) is 25.2 Å². The van der Waals surface area contributed by atoms with Crippen molar-refractivity contribution in [2.24, 2.45) is 5.92 Å². The number of H-pyrrole nitrogens is 1. The molecule has 1 radical (unpaired) electrons. The van der Waals surface area contributed by atoms with E-state index in [1.54, 1.807) is 0 Å². The molecule has 5 rings (SSSR count). The van der Waals surface area contributed by atoms with Gasteiger partial charge in [-0.05, 0) is 36.7 Å². The molecule has 1 heterocycles. The van der Waals surface area contributed by atoms with Crippen molar-refractivity contribution in [2.75, 3.05) is 13.6 Å². The number of ketones is 1. The Morgan fingerprint density at radius 2 is 2.12 bits per heavy atom. The molecule has 5 heteroatoms. The Kier molecular flexibility index (Phi) is 5.86. The minimum Gasteiger partial charge on any atom is -0.352 e. The van der Waals surface area contributed by atoms with Gasteiger partial charge in [0.15, 0.2) is 12.1 Å². The van der Waals surface area contributed by atoms with E-state index in [2.05, 4.69) is 34.6 Å². The maximum atomic E-state index is 12.6. The van der Waals surface area contributed by atoms with Crippen molar-refractivity contribution in [1.82, 2.24) is 10.3 Å². The summed E-state index contributed by atoms with van der Waals surface area (Å²) in [7, 11) is 1.81. The van der Waals surface area contributed by atoms with Crippen LogP contribution in [0.1, 0.15) is 39.3 Å². The fourth-order valence-electron chi connectivity index (χ4n) is 3.56. The normalized spacial score (nSPS) is 17.7. The van der Waals surface area contributed by atoms with Crippen LogP contribution in [0.4, 0.5) is 0 Å². The van der Waals surface area contributed by atoms with E-state index in [1.165, 1.54) is 5.57 Å². The summed E-state index contributed by atoms with van der Waals surface area (Å²) in [6, 6.07) is 6.02. The van der Waals surface area contributed by atoms with Crippen molar-refractivity contribution in [3.63, 3.8) is 0 Å².